The minimum atomic E-state index is -4.40. The highest BCUT2D eigenvalue weighted by Gasteiger charge is 2.41. The molecular weight excluding hydrogens is 281 g/mol. The van der Waals surface area contributed by atoms with Crippen LogP contribution in [-0.2, 0) is 27.7 Å². The summed E-state index contributed by atoms with van der Waals surface area (Å²) >= 11 is 0. The van der Waals surface area contributed by atoms with Gasteiger partial charge in [-0.25, -0.2) is 4.79 Å². The molecule has 2 rings (SSSR count). The van der Waals surface area contributed by atoms with Gasteiger partial charge in [0.05, 0.1) is 5.56 Å². The van der Waals surface area contributed by atoms with Gasteiger partial charge in [-0.1, -0.05) is 18.7 Å². The highest BCUT2D eigenvalue weighted by Crippen LogP contribution is 2.43. The van der Waals surface area contributed by atoms with Gasteiger partial charge in [-0.15, -0.1) is 0 Å². The van der Waals surface area contributed by atoms with Crippen LogP contribution in [0.4, 0.5) is 13.2 Å². The molecule has 0 radical (unpaired) electrons. The zero-order valence-corrected chi connectivity index (χ0v) is 12.0. The fourth-order valence-corrected chi connectivity index (χ4v) is 2.75. The minimum absolute atomic E-state index is 0.230. The van der Waals surface area contributed by atoms with E-state index in [9.17, 15) is 18.0 Å². The van der Waals surface area contributed by atoms with E-state index in [1.807, 2.05) is 0 Å². The molecule has 0 saturated carbocycles. The number of carbonyl (C=O) groups is 1. The Morgan fingerprint density at radius 2 is 2.05 bits per heavy atom. The van der Waals surface area contributed by atoms with E-state index >= 15 is 0 Å². The number of alkyl halides is 3. The summed E-state index contributed by atoms with van der Waals surface area (Å²) in [6.45, 7) is 6.68. The van der Waals surface area contributed by atoms with Gasteiger partial charge >= 0.3 is 12.1 Å². The van der Waals surface area contributed by atoms with Crippen molar-refractivity contribution in [1.29, 1.82) is 0 Å². The van der Waals surface area contributed by atoms with Crippen LogP contribution < -0.4 is 0 Å². The van der Waals surface area contributed by atoms with Crippen LogP contribution in [0.2, 0.25) is 0 Å². The highest BCUT2D eigenvalue weighted by molar-refractivity contribution is 5.87. The average Bonchev–Trinajstić information content (AvgIpc) is 2.37. The largest absolute Gasteiger partial charge is 0.451 e. The third-order valence-electron chi connectivity index (χ3n) is 3.80. The van der Waals surface area contributed by atoms with Crippen LogP contribution in [0.15, 0.2) is 30.4 Å². The fourth-order valence-electron chi connectivity index (χ4n) is 2.75. The Hall–Kier alpha value is -1.78. The average molecular weight is 298 g/mol. The minimum Gasteiger partial charge on any atom is -0.451 e. The molecule has 1 aliphatic rings. The summed E-state index contributed by atoms with van der Waals surface area (Å²) in [5, 5.41) is 0. The van der Waals surface area contributed by atoms with Gasteiger partial charge < -0.3 is 4.74 Å². The van der Waals surface area contributed by atoms with Crippen LogP contribution >= 0.6 is 0 Å². The first-order chi connectivity index (χ1) is 9.65. The summed E-state index contributed by atoms with van der Waals surface area (Å²) in [5.41, 5.74) is -0.774. The van der Waals surface area contributed by atoms with Gasteiger partial charge in [0.15, 0.2) is 0 Å². The second-order valence-electron chi connectivity index (χ2n) is 5.58. The smallest absolute Gasteiger partial charge is 0.416 e. The molecule has 0 heterocycles. The summed E-state index contributed by atoms with van der Waals surface area (Å²) < 4.78 is 44.7. The van der Waals surface area contributed by atoms with Crippen molar-refractivity contribution in [3.05, 3.63) is 47.0 Å². The maximum absolute atomic E-state index is 13.1. The Morgan fingerprint density at radius 1 is 1.38 bits per heavy atom. The first-order valence-corrected chi connectivity index (χ1v) is 6.73. The van der Waals surface area contributed by atoms with Crippen molar-refractivity contribution < 1.29 is 22.7 Å². The molecule has 114 valence electrons. The van der Waals surface area contributed by atoms with Crippen molar-refractivity contribution in [3.8, 4) is 0 Å². The molecule has 0 fully saturated rings. The van der Waals surface area contributed by atoms with Crippen molar-refractivity contribution in [2.45, 2.75) is 44.9 Å². The molecule has 0 aromatic heterocycles. The summed E-state index contributed by atoms with van der Waals surface area (Å²) in [5.74, 6) is -0.581. The molecule has 1 aromatic carbocycles. The van der Waals surface area contributed by atoms with Crippen LogP contribution in [0.5, 0.6) is 0 Å². The van der Waals surface area contributed by atoms with E-state index < -0.39 is 23.3 Å². The molecule has 0 amide bonds. The standard InChI is InChI=1S/C16H17F3O2/c1-10(2)14(20)21-15(3)9-5-6-11-12(15)7-4-8-13(11)16(17,18)19/h4,7-8H,1,5-6,9H2,2-3H3. The van der Waals surface area contributed by atoms with E-state index in [4.69, 9.17) is 4.74 Å². The molecule has 0 N–H and O–H groups in total. The van der Waals surface area contributed by atoms with E-state index in [0.717, 1.165) is 6.07 Å². The Morgan fingerprint density at radius 3 is 2.62 bits per heavy atom. The van der Waals surface area contributed by atoms with Gasteiger partial charge in [0, 0.05) is 5.57 Å². The highest BCUT2D eigenvalue weighted by atomic mass is 19.4. The zero-order valence-electron chi connectivity index (χ0n) is 12.0. The molecule has 21 heavy (non-hydrogen) atoms. The van der Waals surface area contributed by atoms with Gasteiger partial charge in [-0.2, -0.15) is 13.2 Å². The molecule has 1 aromatic rings. The SMILES string of the molecule is C=C(C)C(=O)OC1(C)CCCc2c(C(F)(F)F)cccc21. The maximum atomic E-state index is 13.1. The van der Waals surface area contributed by atoms with Crippen molar-refractivity contribution in [2.75, 3.05) is 0 Å². The first-order valence-electron chi connectivity index (χ1n) is 6.73. The molecule has 0 saturated heterocycles. The lowest BCUT2D eigenvalue weighted by Gasteiger charge is -2.36. The fraction of sp³-hybridized carbons (Fsp3) is 0.438. The number of ether oxygens (including phenoxy) is 1. The van der Waals surface area contributed by atoms with E-state index in [-0.39, 0.29) is 11.1 Å². The number of rotatable bonds is 2. The van der Waals surface area contributed by atoms with E-state index in [1.165, 1.54) is 13.0 Å². The monoisotopic (exact) mass is 298 g/mol. The van der Waals surface area contributed by atoms with Crippen molar-refractivity contribution in [3.63, 3.8) is 0 Å². The zero-order chi connectivity index (χ0) is 15.8. The Kier molecular flexibility index (Phi) is 3.87. The Balaban J connectivity index is 2.49. The summed E-state index contributed by atoms with van der Waals surface area (Å²) in [6, 6.07) is 4.04. The molecular formula is C16H17F3O2. The van der Waals surface area contributed by atoms with Gasteiger partial charge in [-0.05, 0) is 50.3 Å². The first kappa shape index (κ1) is 15.6. The number of halogens is 3. The molecule has 0 aliphatic heterocycles. The lowest BCUT2D eigenvalue weighted by Crippen LogP contribution is -2.34. The molecule has 1 atom stereocenters. The van der Waals surface area contributed by atoms with Gasteiger partial charge in [0.25, 0.3) is 0 Å². The number of carbonyl (C=O) groups excluding carboxylic acids is 1. The van der Waals surface area contributed by atoms with Gasteiger partial charge in [-0.3, -0.25) is 0 Å². The molecule has 1 unspecified atom stereocenters. The topological polar surface area (TPSA) is 26.3 Å². The molecule has 2 nitrogen and oxygen atoms in total. The summed E-state index contributed by atoms with van der Waals surface area (Å²) in [7, 11) is 0. The van der Waals surface area contributed by atoms with Crippen LogP contribution in [0.25, 0.3) is 0 Å². The third-order valence-corrected chi connectivity index (χ3v) is 3.80. The van der Waals surface area contributed by atoms with Gasteiger partial charge in [0.2, 0.25) is 0 Å². The van der Waals surface area contributed by atoms with Crippen LogP contribution in [0.3, 0.4) is 0 Å². The number of hydrogen-bond donors (Lipinski definition) is 0. The predicted octanol–water partition coefficient (Wildman–Crippen LogP) is 4.38. The van der Waals surface area contributed by atoms with Crippen molar-refractivity contribution in [2.24, 2.45) is 0 Å². The third kappa shape index (κ3) is 2.96. The summed E-state index contributed by atoms with van der Waals surface area (Å²) in [4.78, 5) is 11.8. The van der Waals surface area contributed by atoms with Crippen LogP contribution in [0.1, 0.15) is 43.4 Å². The second-order valence-corrected chi connectivity index (χ2v) is 5.58. The molecule has 0 bridgehead atoms. The quantitative estimate of drug-likeness (QED) is 0.598. The summed E-state index contributed by atoms with van der Waals surface area (Å²) in [6.07, 6.45) is -3.02. The Labute approximate surface area is 121 Å². The molecule has 0 spiro atoms. The molecule has 1 aliphatic carbocycles. The maximum Gasteiger partial charge on any atom is 0.416 e. The molecule has 5 heteroatoms. The van der Waals surface area contributed by atoms with Crippen molar-refractivity contribution in [1.82, 2.24) is 0 Å². The number of benzene rings is 1. The number of fused-ring (bicyclic) bond motifs is 1. The Bertz CT molecular complexity index is 590. The van der Waals surface area contributed by atoms with Crippen LogP contribution in [0, 0.1) is 0 Å². The lowest BCUT2D eigenvalue weighted by atomic mass is 9.78. The second kappa shape index (κ2) is 5.20. The van der Waals surface area contributed by atoms with E-state index in [2.05, 4.69) is 6.58 Å². The van der Waals surface area contributed by atoms with Gasteiger partial charge in [0.1, 0.15) is 5.60 Å². The van der Waals surface area contributed by atoms with E-state index in [1.54, 1.807) is 13.0 Å². The van der Waals surface area contributed by atoms with Crippen LogP contribution in [-0.4, -0.2) is 5.97 Å². The lowest BCUT2D eigenvalue weighted by molar-refractivity contribution is -0.156. The normalized spacial score (nSPS) is 21.6. The van der Waals surface area contributed by atoms with E-state index in [0.29, 0.717) is 24.8 Å². The van der Waals surface area contributed by atoms with Crippen molar-refractivity contribution >= 4 is 5.97 Å². The predicted molar refractivity (Wildman–Crippen MR) is 72.6 cm³/mol. The number of esters is 1. The number of hydrogen-bond acceptors (Lipinski definition) is 2.